The van der Waals surface area contributed by atoms with E-state index in [1.54, 1.807) is 6.07 Å². The molecule has 2 atom stereocenters. The molecule has 1 aliphatic carbocycles. The van der Waals surface area contributed by atoms with Crippen LogP contribution < -0.4 is 5.32 Å². The minimum Gasteiger partial charge on any atom is -0.306 e. The Bertz CT molecular complexity index is 534. The zero-order valence-corrected chi connectivity index (χ0v) is 14.0. The van der Waals surface area contributed by atoms with Gasteiger partial charge < -0.3 is 5.32 Å². The molecule has 0 amide bonds. The first kappa shape index (κ1) is 16.4. The Morgan fingerprint density at radius 2 is 2.14 bits per heavy atom. The predicted molar refractivity (Wildman–Crippen MR) is 87.6 cm³/mol. The number of hydrogen-bond acceptors (Lipinski definition) is 2. The summed E-state index contributed by atoms with van der Waals surface area (Å²) in [6.07, 6.45) is 2.14. The molecule has 0 heterocycles. The Kier molecular flexibility index (Phi) is 5.05. The lowest BCUT2D eigenvalue weighted by molar-refractivity contribution is 0.268. The predicted octanol–water partition coefficient (Wildman–Crippen LogP) is 4.61. The first-order valence-corrected chi connectivity index (χ1v) is 7.88. The second-order valence-electron chi connectivity index (χ2n) is 6.89. The van der Waals surface area contributed by atoms with Gasteiger partial charge in [-0.25, -0.2) is 4.39 Å². The Morgan fingerprint density at radius 1 is 1.43 bits per heavy atom. The maximum atomic E-state index is 13.2. The summed E-state index contributed by atoms with van der Waals surface area (Å²) in [5.41, 5.74) is 2.15. The van der Waals surface area contributed by atoms with E-state index in [0.29, 0.717) is 23.7 Å². The Balaban J connectivity index is 1.97. The molecule has 1 N–H and O–H groups in total. The number of aliphatic imine (C=N–C) groups is 1. The van der Waals surface area contributed by atoms with Gasteiger partial charge in [0.2, 0.25) is 0 Å². The first-order chi connectivity index (χ1) is 9.77. The minimum absolute atomic E-state index is 0.229. The summed E-state index contributed by atoms with van der Waals surface area (Å²) in [7, 11) is 0. The van der Waals surface area contributed by atoms with Crippen LogP contribution in [0.5, 0.6) is 0 Å². The highest BCUT2D eigenvalue weighted by atomic mass is 35.5. The smallest absolute Gasteiger partial charge is 0.123 e. The van der Waals surface area contributed by atoms with Crippen LogP contribution in [0.2, 0.25) is 5.02 Å². The summed E-state index contributed by atoms with van der Waals surface area (Å²) in [6, 6.07) is 5.20. The normalized spacial score (nSPS) is 22.2. The summed E-state index contributed by atoms with van der Waals surface area (Å²) >= 11 is 6.07. The molecule has 1 aliphatic rings. The number of halogens is 2. The molecule has 1 saturated carbocycles. The molecule has 21 heavy (non-hydrogen) atoms. The fourth-order valence-corrected chi connectivity index (χ4v) is 2.37. The summed E-state index contributed by atoms with van der Waals surface area (Å²) in [5, 5.41) is 4.21. The average Bonchev–Trinajstić information content (AvgIpc) is 2.37. The van der Waals surface area contributed by atoms with Crippen molar-refractivity contribution in [3.63, 3.8) is 0 Å². The van der Waals surface area contributed by atoms with Gasteiger partial charge in [0.25, 0.3) is 0 Å². The molecule has 0 spiro atoms. The molecule has 0 aliphatic heterocycles. The van der Waals surface area contributed by atoms with Crippen molar-refractivity contribution in [2.45, 2.75) is 59.2 Å². The second kappa shape index (κ2) is 6.45. The summed E-state index contributed by atoms with van der Waals surface area (Å²) in [4.78, 5) is 4.62. The SMILES string of the molecule is CC(NC1CCC1=NCc1cc(F)ccc1Cl)C(C)(C)C. The van der Waals surface area contributed by atoms with Gasteiger partial charge >= 0.3 is 0 Å². The molecule has 4 heteroatoms. The molecule has 2 unspecified atom stereocenters. The molecule has 0 radical (unpaired) electrons. The molecule has 0 aromatic heterocycles. The largest absolute Gasteiger partial charge is 0.306 e. The monoisotopic (exact) mass is 310 g/mol. The Morgan fingerprint density at radius 3 is 2.71 bits per heavy atom. The molecule has 0 saturated heterocycles. The third-order valence-corrected chi connectivity index (χ3v) is 4.67. The molecule has 0 bridgehead atoms. The van der Waals surface area contributed by atoms with Crippen molar-refractivity contribution in [3.05, 3.63) is 34.6 Å². The van der Waals surface area contributed by atoms with Crippen LogP contribution in [0.25, 0.3) is 0 Å². The van der Waals surface area contributed by atoms with Crippen LogP contribution in [0, 0.1) is 11.2 Å². The van der Waals surface area contributed by atoms with Gasteiger partial charge in [-0.1, -0.05) is 32.4 Å². The fourth-order valence-electron chi connectivity index (χ4n) is 2.19. The number of nitrogens with one attached hydrogen (secondary N) is 1. The van der Waals surface area contributed by atoms with Gasteiger partial charge in [0.15, 0.2) is 0 Å². The van der Waals surface area contributed by atoms with Crippen LogP contribution in [0.1, 0.15) is 46.1 Å². The molecular formula is C17H24ClFN2. The van der Waals surface area contributed by atoms with E-state index in [9.17, 15) is 4.39 Å². The molecule has 2 rings (SSSR count). The van der Waals surface area contributed by atoms with E-state index < -0.39 is 0 Å². The van der Waals surface area contributed by atoms with E-state index in [0.717, 1.165) is 18.4 Å². The second-order valence-corrected chi connectivity index (χ2v) is 7.30. The third kappa shape index (κ3) is 4.27. The van der Waals surface area contributed by atoms with E-state index in [1.807, 2.05) is 0 Å². The first-order valence-electron chi connectivity index (χ1n) is 7.50. The van der Waals surface area contributed by atoms with Crippen molar-refractivity contribution in [1.82, 2.24) is 5.32 Å². The van der Waals surface area contributed by atoms with Gasteiger partial charge in [-0.05, 0) is 48.9 Å². The van der Waals surface area contributed by atoms with E-state index in [2.05, 4.69) is 38.0 Å². The Hall–Kier alpha value is -0.930. The van der Waals surface area contributed by atoms with Gasteiger partial charge in [-0.15, -0.1) is 0 Å². The third-order valence-electron chi connectivity index (χ3n) is 4.30. The lowest BCUT2D eigenvalue weighted by Gasteiger charge is -2.37. The van der Waals surface area contributed by atoms with E-state index in [-0.39, 0.29) is 11.2 Å². The summed E-state index contributed by atoms with van der Waals surface area (Å²) in [5.74, 6) is -0.265. The van der Waals surface area contributed by atoms with Crippen molar-refractivity contribution < 1.29 is 4.39 Å². The number of rotatable bonds is 4. The standard InChI is InChI=1S/C17H24ClFN2/c1-11(17(2,3)4)21-16-8-7-15(16)20-10-12-9-13(19)5-6-14(12)18/h5-6,9,11,16,21H,7-8,10H2,1-4H3. The summed E-state index contributed by atoms with van der Waals surface area (Å²) in [6.45, 7) is 9.35. The van der Waals surface area contributed by atoms with Crippen molar-refractivity contribution in [2.75, 3.05) is 0 Å². The summed E-state index contributed by atoms with van der Waals surface area (Å²) < 4.78 is 13.2. The zero-order chi connectivity index (χ0) is 15.6. The highest BCUT2D eigenvalue weighted by molar-refractivity contribution is 6.31. The Labute approximate surface area is 131 Å². The van der Waals surface area contributed by atoms with E-state index >= 15 is 0 Å². The lowest BCUT2D eigenvalue weighted by Crippen LogP contribution is -2.52. The van der Waals surface area contributed by atoms with Gasteiger partial charge in [-0.2, -0.15) is 0 Å². The lowest BCUT2D eigenvalue weighted by atomic mass is 9.83. The van der Waals surface area contributed by atoms with Crippen LogP contribution in [0.15, 0.2) is 23.2 Å². The molecule has 1 fully saturated rings. The van der Waals surface area contributed by atoms with Gasteiger partial charge in [0, 0.05) is 22.8 Å². The molecule has 2 nitrogen and oxygen atoms in total. The molecular weight excluding hydrogens is 287 g/mol. The van der Waals surface area contributed by atoms with Crippen LogP contribution in [0.4, 0.5) is 4.39 Å². The maximum absolute atomic E-state index is 13.2. The highest BCUT2D eigenvalue weighted by Gasteiger charge is 2.30. The van der Waals surface area contributed by atoms with E-state index in [1.165, 1.54) is 17.8 Å². The molecule has 116 valence electrons. The van der Waals surface area contributed by atoms with Gasteiger partial charge in [0.05, 0.1) is 6.54 Å². The fraction of sp³-hybridized carbons (Fsp3) is 0.588. The topological polar surface area (TPSA) is 24.4 Å². The zero-order valence-electron chi connectivity index (χ0n) is 13.2. The molecule has 1 aromatic rings. The van der Waals surface area contributed by atoms with Crippen molar-refractivity contribution in [1.29, 1.82) is 0 Å². The number of benzene rings is 1. The van der Waals surface area contributed by atoms with Gasteiger partial charge in [-0.3, -0.25) is 4.99 Å². The highest BCUT2D eigenvalue weighted by Crippen LogP contribution is 2.25. The number of hydrogen-bond donors (Lipinski definition) is 1. The van der Waals surface area contributed by atoms with Crippen molar-refractivity contribution in [3.8, 4) is 0 Å². The van der Waals surface area contributed by atoms with Crippen LogP contribution in [0.3, 0.4) is 0 Å². The van der Waals surface area contributed by atoms with Crippen LogP contribution in [-0.4, -0.2) is 17.8 Å². The van der Waals surface area contributed by atoms with E-state index in [4.69, 9.17) is 11.6 Å². The minimum atomic E-state index is -0.265. The quantitative estimate of drug-likeness (QED) is 0.863. The number of nitrogens with zero attached hydrogens (tertiary/aromatic N) is 1. The molecule has 1 aromatic carbocycles. The maximum Gasteiger partial charge on any atom is 0.123 e. The van der Waals surface area contributed by atoms with Crippen LogP contribution in [-0.2, 0) is 6.54 Å². The van der Waals surface area contributed by atoms with Crippen LogP contribution >= 0.6 is 11.6 Å². The van der Waals surface area contributed by atoms with Crippen molar-refractivity contribution >= 4 is 17.3 Å². The van der Waals surface area contributed by atoms with Crippen molar-refractivity contribution in [2.24, 2.45) is 10.4 Å². The average molecular weight is 311 g/mol. The van der Waals surface area contributed by atoms with Gasteiger partial charge in [0.1, 0.15) is 5.82 Å².